The fraction of sp³-hybridized carbons (Fsp3) is 0.174. The van der Waals surface area contributed by atoms with Crippen LogP contribution in [0.1, 0.15) is 23.6 Å². The highest BCUT2D eigenvalue weighted by Gasteiger charge is 2.39. The first-order valence-corrected chi connectivity index (χ1v) is 11.0. The Morgan fingerprint density at radius 2 is 1.68 bits per heavy atom. The fourth-order valence-corrected chi connectivity index (χ4v) is 5.00. The summed E-state index contributed by atoms with van der Waals surface area (Å²) in [7, 11) is -0.874. The second-order valence-corrected chi connectivity index (χ2v) is 8.77. The fourth-order valence-electron chi connectivity index (χ4n) is 3.55. The van der Waals surface area contributed by atoms with Gasteiger partial charge in [0.1, 0.15) is 17.3 Å². The van der Waals surface area contributed by atoms with Gasteiger partial charge in [0.2, 0.25) is 0 Å². The number of halogens is 1. The summed E-state index contributed by atoms with van der Waals surface area (Å²) in [6.45, 7) is 0. The molecule has 0 saturated carbocycles. The lowest BCUT2D eigenvalue weighted by atomic mass is 9.98. The summed E-state index contributed by atoms with van der Waals surface area (Å²) >= 11 is 0. The van der Waals surface area contributed by atoms with Crippen LogP contribution in [0.5, 0.6) is 11.5 Å². The smallest absolute Gasteiger partial charge is 0.279 e. The van der Waals surface area contributed by atoms with Crippen LogP contribution in [0.4, 0.5) is 4.39 Å². The Labute approximate surface area is 180 Å². The van der Waals surface area contributed by atoms with Gasteiger partial charge in [-0.1, -0.05) is 30.3 Å². The molecule has 6 nitrogen and oxygen atoms in total. The molecular weight excluding hydrogens is 419 g/mol. The summed E-state index contributed by atoms with van der Waals surface area (Å²) in [5.41, 5.74) is 1.86. The maximum Gasteiger partial charge on any atom is 0.279 e. The SMILES string of the molecule is COc1ccc([C@@H]2CC(c3ccc(F)cc3)=NN2S(=O)(=O)c2ccccc2)c(OC)c1. The van der Waals surface area contributed by atoms with E-state index in [-0.39, 0.29) is 10.7 Å². The summed E-state index contributed by atoms with van der Waals surface area (Å²) in [5, 5.41) is 4.46. The molecule has 1 aliphatic heterocycles. The molecule has 0 saturated heterocycles. The van der Waals surface area contributed by atoms with Crippen LogP contribution in [0, 0.1) is 5.82 Å². The van der Waals surface area contributed by atoms with Gasteiger partial charge in [-0.25, -0.2) is 4.39 Å². The van der Waals surface area contributed by atoms with Gasteiger partial charge in [-0.05, 0) is 42.0 Å². The van der Waals surface area contributed by atoms with Crippen molar-refractivity contribution in [2.24, 2.45) is 5.10 Å². The zero-order valence-corrected chi connectivity index (χ0v) is 17.8. The first-order valence-electron chi connectivity index (χ1n) is 9.59. The van der Waals surface area contributed by atoms with Crippen LogP contribution in [-0.4, -0.2) is 32.8 Å². The van der Waals surface area contributed by atoms with Gasteiger partial charge in [0.15, 0.2) is 0 Å². The van der Waals surface area contributed by atoms with Gasteiger partial charge in [0.05, 0.1) is 30.9 Å². The second kappa shape index (κ2) is 8.39. The van der Waals surface area contributed by atoms with Gasteiger partial charge in [-0.15, -0.1) is 0 Å². The van der Waals surface area contributed by atoms with Gasteiger partial charge in [0, 0.05) is 18.1 Å². The molecule has 1 aliphatic rings. The number of rotatable bonds is 6. The van der Waals surface area contributed by atoms with E-state index in [1.165, 1.54) is 31.4 Å². The first-order chi connectivity index (χ1) is 14.9. The minimum absolute atomic E-state index is 0.136. The van der Waals surface area contributed by atoms with Gasteiger partial charge >= 0.3 is 0 Å². The number of sulfonamides is 1. The normalized spacial score (nSPS) is 16.2. The van der Waals surface area contributed by atoms with Gasteiger partial charge in [-0.2, -0.15) is 17.9 Å². The Bertz CT molecular complexity index is 1210. The van der Waals surface area contributed by atoms with E-state index in [0.29, 0.717) is 34.8 Å². The lowest BCUT2D eigenvalue weighted by molar-refractivity contribution is 0.347. The molecule has 160 valence electrons. The van der Waals surface area contributed by atoms with Crippen molar-refractivity contribution >= 4 is 15.7 Å². The standard InChI is InChI=1S/C23H21FN2O4S/c1-29-18-12-13-20(23(14-18)30-2)22-15-21(16-8-10-17(24)11-9-16)25-26(22)31(27,28)19-6-4-3-5-7-19/h3-14,22H,15H2,1-2H3/t22-/m0/s1. The molecule has 0 fully saturated rings. The van der Waals surface area contributed by atoms with Gasteiger partial charge in [-0.3, -0.25) is 0 Å². The molecular formula is C23H21FN2O4S. The van der Waals surface area contributed by atoms with Crippen molar-refractivity contribution in [2.45, 2.75) is 17.4 Å². The number of benzene rings is 3. The molecule has 1 atom stereocenters. The van der Waals surface area contributed by atoms with Crippen molar-refractivity contribution in [1.82, 2.24) is 4.41 Å². The molecule has 8 heteroatoms. The van der Waals surface area contributed by atoms with Crippen LogP contribution in [0.2, 0.25) is 0 Å². The number of hydrazone groups is 1. The predicted molar refractivity (Wildman–Crippen MR) is 115 cm³/mol. The molecule has 1 heterocycles. The average Bonchev–Trinajstić information content (AvgIpc) is 3.25. The Morgan fingerprint density at radius 1 is 0.968 bits per heavy atom. The van der Waals surface area contributed by atoms with E-state index in [9.17, 15) is 12.8 Å². The van der Waals surface area contributed by atoms with Crippen LogP contribution in [0.15, 0.2) is 82.8 Å². The molecule has 0 aliphatic carbocycles. The summed E-state index contributed by atoms with van der Waals surface area (Å²) < 4.78 is 52.2. The van der Waals surface area contributed by atoms with Crippen LogP contribution in [0.3, 0.4) is 0 Å². The Kier molecular flexibility index (Phi) is 5.65. The summed E-state index contributed by atoms with van der Waals surface area (Å²) in [6, 6.07) is 18.6. The summed E-state index contributed by atoms with van der Waals surface area (Å²) in [6.07, 6.45) is 0.306. The van der Waals surface area contributed by atoms with Gasteiger partial charge < -0.3 is 9.47 Å². The number of hydrogen-bond acceptors (Lipinski definition) is 5. The van der Waals surface area contributed by atoms with Crippen LogP contribution in [-0.2, 0) is 10.0 Å². The van der Waals surface area contributed by atoms with E-state index >= 15 is 0 Å². The largest absolute Gasteiger partial charge is 0.497 e. The van der Waals surface area contributed by atoms with Crippen molar-refractivity contribution in [1.29, 1.82) is 0 Å². The number of methoxy groups -OCH3 is 2. The van der Waals surface area contributed by atoms with Crippen LogP contribution >= 0.6 is 0 Å². The van der Waals surface area contributed by atoms with E-state index in [0.717, 1.165) is 4.41 Å². The highest BCUT2D eigenvalue weighted by molar-refractivity contribution is 7.89. The first kappa shape index (κ1) is 20.9. The predicted octanol–water partition coefficient (Wildman–Crippen LogP) is 4.38. The highest BCUT2D eigenvalue weighted by atomic mass is 32.2. The molecule has 3 aromatic rings. The van der Waals surface area contributed by atoms with Crippen LogP contribution < -0.4 is 9.47 Å². The zero-order valence-electron chi connectivity index (χ0n) is 17.0. The maximum absolute atomic E-state index is 13.5. The van der Waals surface area contributed by atoms with E-state index in [4.69, 9.17) is 9.47 Å². The Balaban J connectivity index is 1.83. The third-order valence-electron chi connectivity index (χ3n) is 5.14. The van der Waals surface area contributed by atoms with E-state index in [1.54, 1.807) is 55.6 Å². The summed E-state index contributed by atoms with van der Waals surface area (Å²) in [4.78, 5) is 0.136. The third-order valence-corrected chi connectivity index (χ3v) is 6.83. The molecule has 0 amide bonds. The molecule has 4 rings (SSSR count). The number of hydrogen-bond donors (Lipinski definition) is 0. The average molecular weight is 440 g/mol. The third kappa shape index (κ3) is 3.98. The van der Waals surface area contributed by atoms with Crippen LogP contribution in [0.25, 0.3) is 0 Å². The number of ether oxygens (including phenoxy) is 2. The molecule has 0 spiro atoms. The van der Waals surface area contributed by atoms with E-state index in [1.807, 2.05) is 0 Å². The highest BCUT2D eigenvalue weighted by Crippen LogP contribution is 2.41. The number of nitrogens with zero attached hydrogens (tertiary/aromatic N) is 2. The molecule has 3 aromatic carbocycles. The maximum atomic E-state index is 13.5. The zero-order chi connectivity index (χ0) is 22.0. The van der Waals surface area contributed by atoms with Crippen molar-refractivity contribution < 1.29 is 22.3 Å². The summed E-state index contributed by atoms with van der Waals surface area (Å²) in [5.74, 6) is 0.716. The molecule has 0 aromatic heterocycles. The van der Waals surface area contributed by atoms with Crippen molar-refractivity contribution in [3.8, 4) is 11.5 Å². The lowest BCUT2D eigenvalue weighted by Gasteiger charge is -2.25. The monoisotopic (exact) mass is 440 g/mol. The van der Waals surface area contributed by atoms with Crippen molar-refractivity contribution in [3.05, 3.63) is 89.7 Å². The minimum Gasteiger partial charge on any atom is -0.497 e. The van der Waals surface area contributed by atoms with Gasteiger partial charge in [0.25, 0.3) is 10.0 Å². The molecule has 0 unspecified atom stereocenters. The van der Waals surface area contributed by atoms with E-state index < -0.39 is 16.1 Å². The minimum atomic E-state index is -3.94. The Hall–Kier alpha value is -3.39. The van der Waals surface area contributed by atoms with Crippen molar-refractivity contribution in [2.75, 3.05) is 14.2 Å². The van der Waals surface area contributed by atoms with E-state index in [2.05, 4.69) is 5.10 Å². The lowest BCUT2D eigenvalue weighted by Crippen LogP contribution is -2.27. The topological polar surface area (TPSA) is 68.2 Å². The second-order valence-electron chi connectivity index (χ2n) is 6.97. The Morgan fingerprint density at radius 3 is 2.32 bits per heavy atom. The molecule has 0 bridgehead atoms. The molecule has 0 N–H and O–H groups in total. The molecule has 0 radical (unpaired) electrons. The van der Waals surface area contributed by atoms with Crippen molar-refractivity contribution in [3.63, 3.8) is 0 Å². The quantitative estimate of drug-likeness (QED) is 0.570. The molecule has 31 heavy (non-hydrogen) atoms.